The van der Waals surface area contributed by atoms with Gasteiger partial charge in [0.05, 0.1) is 12.5 Å². The van der Waals surface area contributed by atoms with Crippen LogP contribution in [-0.4, -0.2) is 33.1 Å². The molecule has 7 nitrogen and oxygen atoms in total. The van der Waals surface area contributed by atoms with Gasteiger partial charge in [-0.3, -0.25) is 9.69 Å². The third-order valence-corrected chi connectivity index (χ3v) is 4.75. The second-order valence-electron chi connectivity index (χ2n) is 6.74. The zero-order valence-corrected chi connectivity index (χ0v) is 15.6. The Bertz CT molecular complexity index is 1180. The van der Waals surface area contributed by atoms with Crippen LogP contribution in [-0.2, 0) is 17.8 Å². The fourth-order valence-electron chi connectivity index (χ4n) is 3.26. The quantitative estimate of drug-likeness (QED) is 0.629. The topological polar surface area (TPSA) is 94.8 Å². The monoisotopic (exact) mass is 404 g/mol. The maximum Gasteiger partial charge on any atom is 0.351 e. The molecule has 0 atom stereocenters. The van der Waals surface area contributed by atoms with Crippen molar-refractivity contribution in [3.05, 3.63) is 89.5 Å². The van der Waals surface area contributed by atoms with E-state index in [4.69, 9.17) is 0 Å². The lowest BCUT2D eigenvalue weighted by Gasteiger charge is -2.14. The van der Waals surface area contributed by atoms with Crippen LogP contribution >= 0.6 is 0 Å². The molecule has 3 amide bonds. The van der Waals surface area contributed by atoms with E-state index in [9.17, 15) is 23.9 Å². The minimum Gasteiger partial charge on any atom is -0.545 e. The van der Waals surface area contributed by atoms with Crippen molar-refractivity contribution in [3.63, 3.8) is 0 Å². The van der Waals surface area contributed by atoms with Crippen molar-refractivity contribution in [2.75, 3.05) is 0 Å². The summed E-state index contributed by atoms with van der Waals surface area (Å²) in [7, 11) is 0. The Balaban J connectivity index is 1.54. The first kappa shape index (κ1) is 19.3. The van der Waals surface area contributed by atoms with Crippen molar-refractivity contribution in [2.24, 2.45) is 4.99 Å². The number of rotatable bonds is 6. The molecule has 150 valence electrons. The number of amides is 3. The van der Waals surface area contributed by atoms with Crippen molar-refractivity contribution in [1.29, 1.82) is 0 Å². The number of hydrogen-bond donors (Lipinski definition) is 0. The molecule has 0 saturated carbocycles. The Morgan fingerprint density at radius 3 is 2.53 bits per heavy atom. The van der Waals surface area contributed by atoms with Gasteiger partial charge in [-0.15, -0.1) is 0 Å². The maximum atomic E-state index is 13.1. The molecule has 0 fully saturated rings. The van der Waals surface area contributed by atoms with E-state index in [1.807, 2.05) is 0 Å². The molecule has 1 aromatic heterocycles. The molecule has 2 heterocycles. The van der Waals surface area contributed by atoms with Gasteiger partial charge < -0.3 is 14.5 Å². The number of carbonyl (C=O) groups is 3. The van der Waals surface area contributed by atoms with Gasteiger partial charge >= 0.3 is 6.03 Å². The third kappa shape index (κ3) is 3.75. The molecule has 3 aromatic rings. The van der Waals surface area contributed by atoms with Gasteiger partial charge in [0.15, 0.2) is 0 Å². The van der Waals surface area contributed by atoms with Gasteiger partial charge in [-0.2, -0.15) is 4.99 Å². The van der Waals surface area contributed by atoms with Crippen molar-refractivity contribution in [2.45, 2.75) is 13.0 Å². The zero-order valence-electron chi connectivity index (χ0n) is 15.6. The molecule has 4 rings (SSSR count). The highest BCUT2D eigenvalue weighted by Gasteiger charge is 2.33. The first-order valence-electron chi connectivity index (χ1n) is 9.08. The van der Waals surface area contributed by atoms with Crippen molar-refractivity contribution >= 4 is 23.6 Å². The third-order valence-electron chi connectivity index (χ3n) is 4.75. The van der Waals surface area contributed by atoms with Crippen LogP contribution in [0.4, 0.5) is 9.18 Å². The van der Waals surface area contributed by atoms with Crippen LogP contribution in [0.3, 0.4) is 0 Å². The summed E-state index contributed by atoms with van der Waals surface area (Å²) in [5.41, 5.74) is 1.96. The molecule has 0 spiro atoms. The first-order chi connectivity index (χ1) is 14.4. The van der Waals surface area contributed by atoms with Gasteiger partial charge in [-0.25, -0.2) is 9.18 Å². The number of nitrogens with zero attached hydrogens (tertiary/aromatic N) is 3. The Labute approximate surface area is 170 Å². The van der Waals surface area contributed by atoms with Gasteiger partial charge in [0.2, 0.25) is 0 Å². The normalized spacial score (nSPS) is 13.6. The number of carbonyl (C=O) groups excluding carboxylic acids is 3. The van der Waals surface area contributed by atoms with Crippen LogP contribution in [0.25, 0.3) is 5.69 Å². The molecule has 0 bridgehead atoms. The molecule has 1 aliphatic rings. The second kappa shape index (κ2) is 7.75. The smallest absolute Gasteiger partial charge is 0.351 e. The molecular weight excluding hydrogens is 389 g/mol. The number of aliphatic imine (C=N–C) groups is 1. The van der Waals surface area contributed by atoms with Gasteiger partial charge in [-0.1, -0.05) is 24.3 Å². The first-order valence-corrected chi connectivity index (χ1v) is 9.08. The molecular formula is C22H15FN3O4-. The highest BCUT2D eigenvalue weighted by atomic mass is 19.1. The number of carboxylic acid groups (broad SMARTS) is 1. The van der Waals surface area contributed by atoms with E-state index in [1.165, 1.54) is 36.4 Å². The standard InChI is InChI=1S/C22H16FN3O4/c23-16-8-6-14(7-9-16)13-26-20(27)19(24-22(26)30)12-18-5-2-10-25(18)17-4-1-3-15(11-17)21(28)29/h1-11H,12-13H2,(H,28,29)/p-1. The summed E-state index contributed by atoms with van der Waals surface area (Å²) >= 11 is 0. The Morgan fingerprint density at radius 1 is 1.03 bits per heavy atom. The summed E-state index contributed by atoms with van der Waals surface area (Å²) in [6, 6.07) is 14.6. The van der Waals surface area contributed by atoms with Crippen LogP contribution in [0.15, 0.2) is 71.9 Å². The summed E-state index contributed by atoms with van der Waals surface area (Å²) in [5, 5.41) is 11.1. The number of hydrogen-bond acceptors (Lipinski definition) is 4. The molecule has 0 N–H and O–H groups in total. The van der Waals surface area contributed by atoms with Crippen LogP contribution in [0.1, 0.15) is 21.6 Å². The second-order valence-corrected chi connectivity index (χ2v) is 6.74. The Morgan fingerprint density at radius 2 is 1.80 bits per heavy atom. The minimum atomic E-state index is -1.29. The number of halogens is 1. The highest BCUT2D eigenvalue weighted by Crippen LogP contribution is 2.19. The van der Waals surface area contributed by atoms with Crippen LogP contribution in [0, 0.1) is 5.82 Å². The number of urea groups is 1. The summed E-state index contributed by atoms with van der Waals surface area (Å²) < 4.78 is 14.8. The minimum absolute atomic E-state index is 0.000382. The van der Waals surface area contributed by atoms with E-state index in [2.05, 4.69) is 4.99 Å². The highest BCUT2D eigenvalue weighted by molar-refractivity contribution is 6.46. The van der Waals surface area contributed by atoms with Crippen molar-refractivity contribution in [1.82, 2.24) is 9.47 Å². The SMILES string of the molecule is O=C([O-])c1cccc(-n2cccc2CC2=NC(=O)N(Cc3ccc(F)cc3)C2=O)c1. The number of carboxylic acids is 1. The molecule has 0 radical (unpaired) electrons. The number of aromatic carboxylic acids is 1. The molecule has 30 heavy (non-hydrogen) atoms. The Kier molecular flexibility index (Phi) is 4.97. The fourth-order valence-corrected chi connectivity index (χ4v) is 3.26. The van der Waals surface area contributed by atoms with Crippen molar-refractivity contribution in [3.8, 4) is 5.69 Å². The van der Waals surface area contributed by atoms with Gasteiger partial charge in [0.1, 0.15) is 11.5 Å². The largest absolute Gasteiger partial charge is 0.545 e. The predicted molar refractivity (Wildman–Crippen MR) is 104 cm³/mol. The van der Waals surface area contributed by atoms with E-state index in [0.717, 1.165) is 4.90 Å². The fraction of sp³-hybridized carbons (Fsp3) is 0.0909. The number of imide groups is 1. The lowest BCUT2D eigenvalue weighted by Crippen LogP contribution is -2.33. The average Bonchev–Trinajstić information content (AvgIpc) is 3.30. The van der Waals surface area contributed by atoms with E-state index in [-0.39, 0.29) is 24.2 Å². The lowest BCUT2D eigenvalue weighted by atomic mass is 10.1. The average molecular weight is 404 g/mol. The van der Waals surface area contributed by atoms with E-state index in [1.54, 1.807) is 35.0 Å². The van der Waals surface area contributed by atoms with Gasteiger partial charge in [0.25, 0.3) is 5.91 Å². The molecule has 0 unspecified atom stereocenters. The molecule has 8 heteroatoms. The van der Waals surface area contributed by atoms with E-state index < -0.39 is 23.7 Å². The Hall–Kier alpha value is -4.07. The van der Waals surface area contributed by atoms with E-state index >= 15 is 0 Å². The molecule has 0 aliphatic carbocycles. The van der Waals surface area contributed by atoms with Crippen molar-refractivity contribution < 1.29 is 23.9 Å². The van der Waals surface area contributed by atoms with E-state index in [0.29, 0.717) is 16.9 Å². The summed E-state index contributed by atoms with van der Waals surface area (Å²) in [6.45, 7) is -0.000382. The predicted octanol–water partition coefficient (Wildman–Crippen LogP) is 2.13. The summed E-state index contributed by atoms with van der Waals surface area (Å²) in [5.74, 6) is -2.21. The molecule has 2 aromatic carbocycles. The summed E-state index contributed by atoms with van der Waals surface area (Å²) in [4.78, 5) is 41.0. The van der Waals surface area contributed by atoms with Gasteiger partial charge in [0, 0.05) is 24.0 Å². The van der Waals surface area contributed by atoms with Crippen LogP contribution < -0.4 is 5.11 Å². The molecule has 0 saturated heterocycles. The van der Waals surface area contributed by atoms with Crippen LogP contribution in [0.5, 0.6) is 0 Å². The summed E-state index contributed by atoms with van der Waals surface area (Å²) in [6.07, 6.45) is 1.81. The van der Waals surface area contributed by atoms with Crippen LogP contribution in [0.2, 0.25) is 0 Å². The number of benzene rings is 2. The number of aromatic nitrogens is 1. The van der Waals surface area contributed by atoms with Gasteiger partial charge in [-0.05, 0) is 47.5 Å². The molecule has 1 aliphatic heterocycles. The maximum absolute atomic E-state index is 13.1. The lowest BCUT2D eigenvalue weighted by molar-refractivity contribution is -0.255. The zero-order chi connectivity index (χ0) is 21.3.